The van der Waals surface area contributed by atoms with Gasteiger partial charge in [0, 0.05) is 32.7 Å². The summed E-state index contributed by atoms with van der Waals surface area (Å²) in [6.07, 6.45) is 2.63. The largest absolute Gasteiger partial charge is 0.381 e. The quantitative estimate of drug-likeness (QED) is 0.532. The van der Waals surface area contributed by atoms with Crippen LogP contribution in [0.4, 0.5) is 5.82 Å². The average molecular weight is 438 g/mol. The molecule has 0 spiro atoms. The van der Waals surface area contributed by atoms with Crippen molar-refractivity contribution >= 4 is 17.6 Å². The third-order valence-corrected chi connectivity index (χ3v) is 5.35. The number of carbonyl (C=O) groups is 2. The maximum absolute atomic E-state index is 13.0. The fourth-order valence-electron chi connectivity index (χ4n) is 3.66. The van der Waals surface area contributed by atoms with Crippen LogP contribution in [0.5, 0.6) is 0 Å². The van der Waals surface area contributed by atoms with Gasteiger partial charge in [-0.2, -0.15) is 5.10 Å². The number of ether oxygens (including phenoxy) is 1. The molecule has 10 heteroatoms. The molecule has 3 aromatic rings. The van der Waals surface area contributed by atoms with Gasteiger partial charge in [-0.25, -0.2) is 14.3 Å². The van der Waals surface area contributed by atoms with E-state index < -0.39 is 11.9 Å². The van der Waals surface area contributed by atoms with E-state index in [-0.39, 0.29) is 11.7 Å². The summed E-state index contributed by atoms with van der Waals surface area (Å²) >= 11 is 0. The molecule has 1 atom stereocenters. The molecule has 1 unspecified atom stereocenters. The van der Waals surface area contributed by atoms with Crippen LogP contribution in [0, 0.1) is 0 Å². The van der Waals surface area contributed by atoms with E-state index >= 15 is 0 Å². The summed E-state index contributed by atoms with van der Waals surface area (Å²) < 4.78 is 8.79. The van der Waals surface area contributed by atoms with Gasteiger partial charge in [0.2, 0.25) is 5.82 Å². The first-order valence-corrected chi connectivity index (χ1v) is 10.7. The smallest absolute Gasteiger partial charge is 0.291 e. The Morgan fingerprint density at radius 3 is 2.84 bits per heavy atom. The summed E-state index contributed by atoms with van der Waals surface area (Å²) in [5, 5.41) is 11.6. The lowest BCUT2D eigenvalue weighted by Crippen LogP contribution is -2.47. The van der Waals surface area contributed by atoms with E-state index in [1.165, 1.54) is 11.2 Å². The second-order valence-corrected chi connectivity index (χ2v) is 7.63. The molecule has 1 aromatic carbocycles. The number of rotatable bonds is 8. The summed E-state index contributed by atoms with van der Waals surface area (Å²) in [5.74, 6) is 0.0812. The minimum absolute atomic E-state index is 0.0385. The lowest BCUT2D eigenvalue weighted by Gasteiger charge is -2.19. The van der Waals surface area contributed by atoms with Gasteiger partial charge in [0.1, 0.15) is 18.2 Å². The molecule has 0 saturated heterocycles. The minimum Gasteiger partial charge on any atom is -0.381 e. The Kier molecular flexibility index (Phi) is 6.60. The highest BCUT2D eigenvalue weighted by molar-refractivity contribution is 6.00. The van der Waals surface area contributed by atoms with Gasteiger partial charge >= 0.3 is 0 Å². The molecule has 2 amide bonds. The van der Waals surface area contributed by atoms with Crippen LogP contribution in [-0.4, -0.2) is 62.7 Å². The molecular weight excluding hydrogens is 410 g/mol. The van der Waals surface area contributed by atoms with Crippen LogP contribution in [0.2, 0.25) is 0 Å². The van der Waals surface area contributed by atoms with Crippen LogP contribution in [0.25, 0.3) is 0 Å². The van der Waals surface area contributed by atoms with E-state index in [1.807, 2.05) is 43.3 Å². The summed E-state index contributed by atoms with van der Waals surface area (Å²) in [6, 6.07) is 11.0. The number of aryl methyl sites for hydroxylation is 1. The zero-order valence-electron chi connectivity index (χ0n) is 18.3. The Bertz CT molecular complexity index is 1080. The van der Waals surface area contributed by atoms with Gasteiger partial charge in [0.25, 0.3) is 11.8 Å². The zero-order valence-corrected chi connectivity index (χ0v) is 18.3. The van der Waals surface area contributed by atoms with Gasteiger partial charge in [-0.3, -0.25) is 14.5 Å². The number of anilines is 1. The van der Waals surface area contributed by atoms with Crippen molar-refractivity contribution in [2.24, 2.45) is 0 Å². The van der Waals surface area contributed by atoms with E-state index in [1.54, 1.807) is 16.4 Å². The molecule has 0 bridgehead atoms. The number of likely N-dealkylation sites (N-methyl/N-ethyl adjacent to an activating group) is 1. The molecule has 1 aliphatic heterocycles. The van der Waals surface area contributed by atoms with Gasteiger partial charge in [0.15, 0.2) is 0 Å². The first kappa shape index (κ1) is 21.7. The van der Waals surface area contributed by atoms with Crippen molar-refractivity contribution in [3.63, 3.8) is 0 Å². The molecule has 0 fully saturated rings. The van der Waals surface area contributed by atoms with Crippen molar-refractivity contribution in [3.05, 3.63) is 59.8 Å². The molecular formula is C22H27N7O3. The van der Waals surface area contributed by atoms with Crippen LogP contribution >= 0.6 is 0 Å². The van der Waals surface area contributed by atoms with Crippen molar-refractivity contribution in [1.82, 2.24) is 29.9 Å². The van der Waals surface area contributed by atoms with Crippen LogP contribution in [0.15, 0.2) is 42.7 Å². The highest BCUT2D eigenvalue weighted by Gasteiger charge is 2.31. The molecule has 0 saturated carbocycles. The summed E-state index contributed by atoms with van der Waals surface area (Å²) in [5.41, 5.74) is 1.93. The molecule has 2 aromatic heterocycles. The van der Waals surface area contributed by atoms with E-state index in [4.69, 9.17) is 4.74 Å². The van der Waals surface area contributed by atoms with Gasteiger partial charge in [0.05, 0.1) is 18.8 Å². The topological polar surface area (TPSA) is 107 Å². The summed E-state index contributed by atoms with van der Waals surface area (Å²) in [4.78, 5) is 31.3. The average Bonchev–Trinajstić information content (AvgIpc) is 3.41. The van der Waals surface area contributed by atoms with Crippen LogP contribution in [-0.2, 0) is 29.0 Å². The molecule has 0 radical (unpaired) electrons. The first-order chi connectivity index (χ1) is 15.5. The van der Waals surface area contributed by atoms with Gasteiger partial charge in [-0.15, -0.1) is 5.10 Å². The van der Waals surface area contributed by atoms with Crippen molar-refractivity contribution in [1.29, 1.82) is 0 Å². The van der Waals surface area contributed by atoms with Crippen molar-refractivity contribution in [3.8, 4) is 0 Å². The first-order valence-electron chi connectivity index (χ1n) is 10.7. The predicted octanol–water partition coefficient (Wildman–Crippen LogP) is 1.27. The Morgan fingerprint density at radius 2 is 2.06 bits per heavy atom. The van der Waals surface area contributed by atoms with E-state index in [0.717, 1.165) is 11.3 Å². The lowest BCUT2D eigenvalue weighted by atomic mass is 10.2. The predicted molar refractivity (Wildman–Crippen MR) is 117 cm³/mol. The highest BCUT2D eigenvalue weighted by Crippen LogP contribution is 2.21. The third kappa shape index (κ3) is 4.86. The van der Waals surface area contributed by atoms with Gasteiger partial charge in [-0.1, -0.05) is 30.3 Å². The molecule has 1 aliphatic rings. The zero-order chi connectivity index (χ0) is 22.5. The van der Waals surface area contributed by atoms with E-state index in [2.05, 4.69) is 20.5 Å². The second kappa shape index (κ2) is 9.73. The number of benzene rings is 1. The highest BCUT2D eigenvalue weighted by atomic mass is 16.5. The number of nitrogens with one attached hydrogen (secondary N) is 1. The number of carbonyl (C=O) groups excluding carboxylic acids is 2. The Balaban J connectivity index is 1.39. The normalized spacial score (nSPS) is 16.0. The number of amides is 2. The molecule has 10 nitrogen and oxygen atoms in total. The standard InChI is InChI=1S/C22H27N7O3/c1-3-32-12-10-17-13-19-27(2)22(31)18(9-11-29(19)25-17)24-21(30)20-23-15-28(26-20)14-16-7-5-4-6-8-16/h4-8,13,15,18H,3,9-12,14H2,1-2H3,(H,24,30). The molecule has 0 aliphatic carbocycles. The number of hydrogen-bond acceptors (Lipinski definition) is 6. The third-order valence-electron chi connectivity index (χ3n) is 5.35. The second-order valence-electron chi connectivity index (χ2n) is 7.63. The Morgan fingerprint density at radius 1 is 1.25 bits per heavy atom. The van der Waals surface area contributed by atoms with E-state index in [9.17, 15) is 9.59 Å². The van der Waals surface area contributed by atoms with E-state index in [0.29, 0.717) is 45.0 Å². The number of fused-ring (bicyclic) bond motifs is 1. The number of nitrogens with zero attached hydrogens (tertiary/aromatic N) is 6. The fraction of sp³-hybridized carbons (Fsp3) is 0.409. The summed E-state index contributed by atoms with van der Waals surface area (Å²) in [6.45, 7) is 4.23. The monoisotopic (exact) mass is 437 g/mol. The molecule has 3 heterocycles. The van der Waals surface area contributed by atoms with Gasteiger partial charge in [-0.05, 0) is 18.9 Å². The SMILES string of the molecule is CCOCCc1cc2n(n1)CCC(NC(=O)c1ncn(Cc3ccccc3)n1)C(=O)N2C. The molecule has 4 rings (SSSR count). The molecule has 168 valence electrons. The van der Waals surface area contributed by atoms with Crippen molar-refractivity contribution < 1.29 is 14.3 Å². The fourth-order valence-corrected chi connectivity index (χ4v) is 3.66. The summed E-state index contributed by atoms with van der Waals surface area (Å²) in [7, 11) is 1.69. The maximum Gasteiger partial charge on any atom is 0.291 e. The maximum atomic E-state index is 13.0. The molecule has 1 N–H and O–H groups in total. The lowest BCUT2D eigenvalue weighted by molar-refractivity contribution is -0.120. The minimum atomic E-state index is -0.679. The van der Waals surface area contributed by atoms with Crippen LogP contribution < -0.4 is 10.2 Å². The van der Waals surface area contributed by atoms with Crippen molar-refractivity contribution in [2.45, 2.75) is 38.9 Å². The Hall–Kier alpha value is -3.53. The number of aromatic nitrogens is 5. The Labute approximate surface area is 186 Å². The van der Waals surface area contributed by atoms with Gasteiger partial charge < -0.3 is 10.1 Å². The van der Waals surface area contributed by atoms with Crippen LogP contribution in [0.1, 0.15) is 35.2 Å². The van der Waals surface area contributed by atoms with Crippen molar-refractivity contribution in [2.75, 3.05) is 25.2 Å². The molecule has 32 heavy (non-hydrogen) atoms. The number of hydrogen-bond donors (Lipinski definition) is 1. The van der Waals surface area contributed by atoms with Crippen LogP contribution in [0.3, 0.4) is 0 Å².